The molecule has 16 heavy (non-hydrogen) atoms. The molecule has 1 aromatic rings. The summed E-state index contributed by atoms with van der Waals surface area (Å²) < 4.78 is 6.68. The Bertz CT molecular complexity index is 367. The van der Waals surface area contributed by atoms with Gasteiger partial charge in [0.1, 0.15) is 0 Å². The van der Waals surface area contributed by atoms with Crippen molar-refractivity contribution in [1.29, 1.82) is 0 Å². The maximum absolute atomic E-state index is 9.63. The minimum atomic E-state index is -0.0964. The lowest BCUT2D eigenvalue weighted by Gasteiger charge is -2.30. The van der Waals surface area contributed by atoms with Crippen LogP contribution in [0.3, 0.4) is 0 Å². The first-order chi connectivity index (χ1) is 7.66. The molecule has 1 aliphatic heterocycles. The summed E-state index contributed by atoms with van der Waals surface area (Å²) in [5.74, 6) is 0. The van der Waals surface area contributed by atoms with Gasteiger partial charge in [0.15, 0.2) is 0 Å². The highest BCUT2D eigenvalue weighted by atomic mass is 79.9. The quantitative estimate of drug-likeness (QED) is 0.925. The van der Waals surface area contributed by atoms with E-state index < -0.39 is 0 Å². The molecule has 0 saturated carbocycles. The van der Waals surface area contributed by atoms with Crippen molar-refractivity contribution < 1.29 is 9.84 Å². The van der Waals surface area contributed by atoms with Crippen LogP contribution in [0, 0.1) is 5.41 Å². The number of ether oxygens (including phenoxy) is 1. The highest BCUT2D eigenvalue weighted by molar-refractivity contribution is 9.10. The molecule has 0 bridgehead atoms. The molecule has 1 heterocycles. The summed E-state index contributed by atoms with van der Waals surface area (Å²) >= 11 is 3.47. The molecular weight excluding hydrogens is 268 g/mol. The van der Waals surface area contributed by atoms with Crippen molar-refractivity contribution in [3.63, 3.8) is 0 Å². The Morgan fingerprint density at radius 3 is 2.94 bits per heavy atom. The second-order valence-corrected chi connectivity index (χ2v) is 5.51. The van der Waals surface area contributed by atoms with E-state index in [1.807, 2.05) is 12.1 Å². The molecule has 1 aliphatic rings. The Morgan fingerprint density at radius 1 is 1.56 bits per heavy atom. The van der Waals surface area contributed by atoms with Gasteiger partial charge < -0.3 is 9.84 Å². The number of halogens is 1. The van der Waals surface area contributed by atoms with Crippen LogP contribution in [0.4, 0.5) is 0 Å². The van der Waals surface area contributed by atoms with Crippen LogP contribution in [0.1, 0.15) is 18.9 Å². The summed E-state index contributed by atoms with van der Waals surface area (Å²) in [5.41, 5.74) is 1.15. The Hall–Kier alpha value is -0.380. The van der Waals surface area contributed by atoms with Gasteiger partial charge in [-0.25, -0.2) is 0 Å². The third-order valence-electron chi connectivity index (χ3n) is 3.59. The van der Waals surface area contributed by atoms with E-state index in [9.17, 15) is 5.11 Å². The highest BCUT2D eigenvalue weighted by Crippen LogP contribution is 2.38. The van der Waals surface area contributed by atoms with Gasteiger partial charge in [0.2, 0.25) is 0 Å². The van der Waals surface area contributed by atoms with Crippen LogP contribution < -0.4 is 0 Å². The van der Waals surface area contributed by atoms with E-state index in [-0.39, 0.29) is 18.1 Å². The molecule has 0 aliphatic carbocycles. The van der Waals surface area contributed by atoms with E-state index in [1.54, 1.807) is 0 Å². The van der Waals surface area contributed by atoms with Gasteiger partial charge in [0.05, 0.1) is 12.7 Å². The van der Waals surface area contributed by atoms with Crippen LogP contribution in [-0.4, -0.2) is 24.4 Å². The van der Waals surface area contributed by atoms with Crippen molar-refractivity contribution in [3.05, 3.63) is 34.3 Å². The fourth-order valence-corrected chi connectivity index (χ4v) is 2.81. The predicted molar refractivity (Wildman–Crippen MR) is 67.4 cm³/mol. The highest BCUT2D eigenvalue weighted by Gasteiger charge is 2.40. The van der Waals surface area contributed by atoms with Gasteiger partial charge in [0, 0.05) is 16.5 Å². The fourth-order valence-electron chi connectivity index (χ4n) is 2.37. The number of hydrogen-bond donors (Lipinski definition) is 1. The minimum absolute atomic E-state index is 0.0964. The van der Waals surface area contributed by atoms with E-state index in [1.165, 1.54) is 5.56 Å². The third kappa shape index (κ3) is 2.31. The topological polar surface area (TPSA) is 29.5 Å². The summed E-state index contributed by atoms with van der Waals surface area (Å²) in [4.78, 5) is 0. The molecule has 1 N–H and O–H groups in total. The first-order valence-electron chi connectivity index (χ1n) is 5.63. The van der Waals surface area contributed by atoms with Crippen LogP contribution in [0.5, 0.6) is 0 Å². The number of rotatable bonds is 3. The van der Waals surface area contributed by atoms with Crippen molar-refractivity contribution in [2.75, 3.05) is 13.2 Å². The average Bonchev–Trinajstić information content (AvgIpc) is 2.61. The van der Waals surface area contributed by atoms with E-state index in [2.05, 4.69) is 35.0 Å². The number of aliphatic hydroxyl groups is 1. The number of hydrogen-bond acceptors (Lipinski definition) is 2. The molecule has 1 saturated heterocycles. The molecular formula is C13H17BrO2. The molecule has 2 nitrogen and oxygen atoms in total. The second-order valence-electron chi connectivity index (χ2n) is 4.59. The van der Waals surface area contributed by atoms with E-state index >= 15 is 0 Å². The van der Waals surface area contributed by atoms with Crippen LogP contribution in [0.2, 0.25) is 0 Å². The predicted octanol–water partition coefficient (Wildman–Crippen LogP) is 2.78. The number of benzene rings is 1. The minimum Gasteiger partial charge on any atom is -0.396 e. The lowest BCUT2D eigenvalue weighted by molar-refractivity contribution is 0.0272. The zero-order valence-electron chi connectivity index (χ0n) is 9.45. The molecule has 0 amide bonds. The van der Waals surface area contributed by atoms with Gasteiger partial charge in [0.25, 0.3) is 0 Å². The molecule has 0 radical (unpaired) electrons. The average molecular weight is 285 g/mol. The first kappa shape index (κ1) is 12.1. The van der Waals surface area contributed by atoms with Gasteiger partial charge in [-0.15, -0.1) is 0 Å². The molecule has 88 valence electrons. The smallest absolute Gasteiger partial charge is 0.0629 e. The van der Waals surface area contributed by atoms with Crippen LogP contribution in [-0.2, 0) is 11.2 Å². The fraction of sp³-hybridized carbons (Fsp3) is 0.538. The van der Waals surface area contributed by atoms with Crippen LogP contribution >= 0.6 is 15.9 Å². The lowest BCUT2D eigenvalue weighted by atomic mass is 9.77. The molecule has 0 aromatic heterocycles. The molecule has 2 atom stereocenters. The molecule has 0 spiro atoms. The molecule has 1 aromatic carbocycles. The largest absolute Gasteiger partial charge is 0.396 e. The maximum Gasteiger partial charge on any atom is 0.0629 e. The van der Waals surface area contributed by atoms with Gasteiger partial charge in [-0.1, -0.05) is 28.1 Å². The van der Waals surface area contributed by atoms with Crippen LogP contribution in [0.15, 0.2) is 28.7 Å². The molecule has 1 fully saturated rings. The SMILES string of the molecule is CC1OCCC1(CO)Cc1cccc(Br)c1. The number of aliphatic hydroxyl groups excluding tert-OH is 1. The summed E-state index contributed by atoms with van der Waals surface area (Å²) in [5, 5.41) is 9.63. The second kappa shape index (κ2) is 4.86. The summed E-state index contributed by atoms with van der Waals surface area (Å²) in [6.07, 6.45) is 1.96. The van der Waals surface area contributed by atoms with Crippen molar-refractivity contribution >= 4 is 15.9 Å². The Balaban J connectivity index is 2.18. The van der Waals surface area contributed by atoms with E-state index in [0.29, 0.717) is 0 Å². The van der Waals surface area contributed by atoms with Gasteiger partial charge >= 0.3 is 0 Å². The zero-order chi connectivity index (χ0) is 11.6. The van der Waals surface area contributed by atoms with Crippen LogP contribution in [0.25, 0.3) is 0 Å². The van der Waals surface area contributed by atoms with E-state index in [0.717, 1.165) is 23.9 Å². The van der Waals surface area contributed by atoms with Gasteiger partial charge in [-0.2, -0.15) is 0 Å². The summed E-state index contributed by atoms with van der Waals surface area (Å²) in [6.45, 7) is 3.01. The van der Waals surface area contributed by atoms with Gasteiger partial charge in [-0.3, -0.25) is 0 Å². The van der Waals surface area contributed by atoms with E-state index in [4.69, 9.17) is 4.74 Å². The molecule has 2 rings (SSSR count). The monoisotopic (exact) mass is 284 g/mol. The first-order valence-corrected chi connectivity index (χ1v) is 6.42. The zero-order valence-corrected chi connectivity index (χ0v) is 11.0. The van der Waals surface area contributed by atoms with Crippen molar-refractivity contribution in [3.8, 4) is 0 Å². The molecule has 2 unspecified atom stereocenters. The third-order valence-corrected chi connectivity index (χ3v) is 4.08. The van der Waals surface area contributed by atoms with Gasteiger partial charge in [-0.05, 0) is 37.5 Å². The van der Waals surface area contributed by atoms with Crippen molar-refractivity contribution in [2.45, 2.75) is 25.9 Å². The Morgan fingerprint density at radius 2 is 2.38 bits per heavy atom. The van der Waals surface area contributed by atoms with Crippen molar-refractivity contribution in [1.82, 2.24) is 0 Å². The standard InChI is InChI=1S/C13H17BrO2/c1-10-13(9-15,5-6-16-10)8-11-3-2-4-12(14)7-11/h2-4,7,10,15H,5-6,8-9H2,1H3. The Labute approximate surface area is 105 Å². The normalized spacial score (nSPS) is 29.6. The molecule has 3 heteroatoms. The Kier molecular flexibility index (Phi) is 3.67. The maximum atomic E-state index is 9.63. The summed E-state index contributed by atoms with van der Waals surface area (Å²) in [7, 11) is 0. The van der Waals surface area contributed by atoms with Crippen molar-refractivity contribution in [2.24, 2.45) is 5.41 Å². The summed E-state index contributed by atoms with van der Waals surface area (Å²) in [6, 6.07) is 8.27. The lowest BCUT2D eigenvalue weighted by Crippen LogP contribution is -2.35.